The molecule has 5 nitrogen and oxygen atoms in total. The summed E-state index contributed by atoms with van der Waals surface area (Å²) in [5.41, 5.74) is 5.52. The van der Waals surface area contributed by atoms with E-state index < -0.39 is 5.54 Å². The third-order valence-corrected chi connectivity index (χ3v) is 7.27. The zero-order valence-corrected chi connectivity index (χ0v) is 23.3. The quantitative estimate of drug-likeness (QED) is 0.218. The molecule has 0 radical (unpaired) electrons. The van der Waals surface area contributed by atoms with Crippen molar-refractivity contribution in [3.05, 3.63) is 125 Å². The Kier molecular flexibility index (Phi) is 8.08. The van der Waals surface area contributed by atoms with Crippen LogP contribution in [-0.2, 0) is 10.3 Å². The third kappa shape index (κ3) is 4.95. The van der Waals surface area contributed by atoms with Gasteiger partial charge in [-0.2, -0.15) is 5.10 Å². The van der Waals surface area contributed by atoms with E-state index in [2.05, 4.69) is 109 Å². The molecule has 1 aliphatic rings. The average molecular weight is 520 g/mol. The van der Waals surface area contributed by atoms with Gasteiger partial charge in [-0.1, -0.05) is 105 Å². The maximum atomic E-state index is 6.53. The van der Waals surface area contributed by atoms with Crippen molar-refractivity contribution in [1.29, 1.82) is 0 Å². The van der Waals surface area contributed by atoms with Gasteiger partial charge in [0, 0.05) is 18.5 Å². The Bertz CT molecular complexity index is 1400. The predicted molar refractivity (Wildman–Crippen MR) is 157 cm³/mol. The molecule has 0 spiro atoms. The van der Waals surface area contributed by atoms with Gasteiger partial charge in [-0.15, -0.1) is 0 Å². The smallest absolute Gasteiger partial charge is 0.225 e. The number of rotatable bonds is 6. The molecule has 0 aliphatic carbocycles. The lowest BCUT2D eigenvalue weighted by Crippen LogP contribution is -2.38. The van der Waals surface area contributed by atoms with Crippen molar-refractivity contribution in [2.75, 3.05) is 13.2 Å². The predicted octanol–water partition coefficient (Wildman–Crippen LogP) is 7.47. The molecule has 0 atom stereocenters. The van der Waals surface area contributed by atoms with Crippen LogP contribution in [0.1, 0.15) is 54.8 Å². The molecule has 6 rings (SSSR count). The molecule has 0 amide bonds. The molecule has 39 heavy (non-hydrogen) atoms. The summed E-state index contributed by atoms with van der Waals surface area (Å²) in [7, 11) is 0. The van der Waals surface area contributed by atoms with Crippen molar-refractivity contribution in [3.63, 3.8) is 0 Å². The number of aromatic nitrogens is 3. The molecule has 5 aromatic rings. The number of hydrogen-bond donors (Lipinski definition) is 0. The van der Waals surface area contributed by atoms with E-state index in [9.17, 15) is 0 Å². The maximum absolute atomic E-state index is 6.53. The topological polar surface area (TPSA) is 49.2 Å². The molecule has 0 unspecified atom stereocenters. The highest BCUT2D eigenvalue weighted by atomic mass is 16.5. The molecular formula is C34H37N3O2. The van der Waals surface area contributed by atoms with Crippen LogP contribution in [-0.4, -0.2) is 34.1 Å². The lowest BCUT2D eigenvalue weighted by molar-refractivity contribution is 0.0244. The molecule has 1 fully saturated rings. The number of nitrogens with zero attached hydrogens (tertiary/aromatic N) is 3. The summed E-state index contributed by atoms with van der Waals surface area (Å²) in [6, 6.07) is 34.0. The fourth-order valence-corrected chi connectivity index (χ4v) is 5.59. The molecule has 1 aliphatic heterocycles. The first-order valence-electron chi connectivity index (χ1n) is 14.0. The number of benzene rings is 3. The Morgan fingerprint density at radius 2 is 1.26 bits per heavy atom. The van der Waals surface area contributed by atoms with Gasteiger partial charge < -0.3 is 9.47 Å². The Balaban J connectivity index is 0.00000151. The fraction of sp³-hybridized carbons (Fsp3) is 0.294. The van der Waals surface area contributed by atoms with Gasteiger partial charge in [0.25, 0.3) is 0 Å². The van der Waals surface area contributed by atoms with E-state index in [1.807, 2.05) is 20.8 Å². The van der Waals surface area contributed by atoms with Crippen molar-refractivity contribution < 1.29 is 9.47 Å². The van der Waals surface area contributed by atoms with Gasteiger partial charge in [-0.3, -0.25) is 0 Å². The van der Waals surface area contributed by atoms with Crippen molar-refractivity contribution in [3.8, 4) is 5.88 Å². The average Bonchev–Trinajstić information content (AvgIpc) is 3.33. The summed E-state index contributed by atoms with van der Waals surface area (Å²) in [5.74, 6) is 0.661. The fourth-order valence-electron chi connectivity index (χ4n) is 5.59. The van der Waals surface area contributed by atoms with Crippen molar-refractivity contribution >= 4 is 10.9 Å². The Morgan fingerprint density at radius 3 is 1.74 bits per heavy atom. The second-order valence-corrected chi connectivity index (χ2v) is 9.70. The van der Waals surface area contributed by atoms with Gasteiger partial charge in [0.05, 0.1) is 29.8 Å². The summed E-state index contributed by atoms with van der Waals surface area (Å²) in [4.78, 5) is 4.85. The van der Waals surface area contributed by atoms with Gasteiger partial charge in [0.2, 0.25) is 5.88 Å². The molecule has 200 valence electrons. The Hall–Kier alpha value is -3.96. The van der Waals surface area contributed by atoms with E-state index in [0.717, 1.165) is 65.0 Å². The number of aryl methyl sites for hydroxylation is 2. The summed E-state index contributed by atoms with van der Waals surface area (Å²) in [6.45, 7) is 9.52. The van der Waals surface area contributed by atoms with E-state index in [4.69, 9.17) is 19.6 Å². The van der Waals surface area contributed by atoms with E-state index in [1.165, 1.54) is 0 Å². The molecule has 3 heterocycles. The minimum Gasteiger partial charge on any atom is -0.474 e. The van der Waals surface area contributed by atoms with E-state index in [0.29, 0.717) is 5.88 Å². The second kappa shape index (κ2) is 11.8. The lowest BCUT2D eigenvalue weighted by Gasteiger charge is -2.37. The van der Waals surface area contributed by atoms with E-state index >= 15 is 0 Å². The summed E-state index contributed by atoms with van der Waals surface area (Å²) >= 11 is 0. The maximum Gasteiger partial charge on any atom is 0.225 e. The summed E-state index contributed by atoms with van der Waals surface area (Å²) in [6.07, 6.45) is 1.83. The highest BCUT2D eigenvalue weighted by Crippen LogP contribution is 2.43. The summed E-state index contributed by atoms with van der Waals surface area (Å²) < 4.78 is 14.3. The van der Waals surface area contributed by atoms with Crippen LogP contribution in [0.25, 0.3) is 10.9 Å². The van der Waals surface area contributed by atoms with Gasteiger partial charge >= 0.3 is 0 Å². The van der Waals surface area contributed by atoms with Crippen molar-refractivity contribution in [2.45, 2.75) is 52.2 Å². The van der Waals surface area contributed by atoms with Gasteiger partial charge in [-0.05, 0) is 36.6 Å². The second-order valence-electron chi connectivity index (χ2n) is 9.70. The number of ether oxygens (including phenoxy) is 2. The van der Waals surface area contributed by atoms with Crippen molar-refractivity contribution in [1.82, 2.24) is 14.8 Å². The van der Waals surface area contributed by atoms with Gasteiger partial charge in [0.1, 0.15) is 11.6 Å². The van der Waals surface area contributed by atoms with E-state index in [1.54, 1.807) is 0 Å². The minimum atomic E-state index is -0.694. The van der Waals surface area contributed by atoms with E-state index in [-0.39, 0.29) is 6.10 Å². The van der Waals surface area contributed by atoms with Crippen LogP contribution in [0.15, 0.2) is 97.1 Å². The van der Waals surface area contributed by atoms with Crippen LogP contribution < -0.4 is 4.74 Å². The molecule has 3 aromatic carbocycles. The standard InChI is InChI=1S/C32H31N3O2.C2H6/c1-23-22-29-30(31(33-23)37-28-18-20-36-21-19-28)24(2)34-35(29)32(25-12-6-3-7-13-25,26-14-8-4-9-15-26)27-16-10-5-11-17-27;1-2/h3-17,22,28H,18-21H2,1-2H3;1-2H3. The Morgan fingerprint density at radius 1 is 0.769 bits per heavy atom. The first-order valence-corrected chi connectivity index (χ1v) is 14.0. The molecule has 0 N–H and O–H groups in total. The molecule has 1 saturated heterocycles. The third-order valence-electron chi connectivity index (χ3n) is 7.27. The van der Waals surface area contributed by atoms with Crippen LogP contribution in [0.4, 0.5) is 0 Å². The zero-order chi connectivity index (χ0) is 27.2. The number of pyridine rings is 1. The van der Waals surface area contributed by atoms with Crippen LogP contribution in [0.3, 0.4) is 0 Å². The monoisotopic (exact) mass is 519 g/mol. The SMILES string of the molecule is CC.Cc1cc2c(c(C)nn2C(c2ccccc2)(c2ccccc2)c2ccccc2)c(OC2CCOCC2)n1. The lowest BCUT2D eigenvalue weighted by atomic mass is 9.77. The van der Waals surface area contributed by atoms with Crippen LogP contribution in [0.5, 0.6) is 5.88 Å². The number of hydrogen-bond acceptors (Lipinski definition) is 4. The highest BCUT2D eigenvalue weighted by molar-refractivity contribution is 5.88. The highest BCUT2D eigenvalue weighted by Gasteiger charge is 2.41. The van der Waals surface area contributed by atoms with Crippen LogP contribution in [0, 0.1) is 13.8 Å². The summed E-state index contributed by atoms with van der Waals surface area (Å²) in [5, 5.41) is 6.22. The molecule has 0 bridgehead atoms. The molecule has 5 heteroatoms. The minimum absolute atomic E-state index is 0.0936. The van der Waals surface area contributed by atoms with Crippen LogP contribution in [0.2, 0.25) is 0 Å². The molecular weight excluding hydrogens is 482 g/mol. The van der Waals surface area contributed by atoms with Crippen molar-refractivity contribution in [2.24, 2.45) is 0 Å². The molecule has 0 saturated carbocycles. The first kappa shape index (κ1) is 26.6. The number of fused-ring (bicyclic) bond motifs is 1. The van der Waals surface area contributed by atoms with Gasteiger partial charge in [0.15, 0.2) is 0 Å². The first-order chi connectivity index (χ1) is 19.2. The largest absolute Gasteiger partial charge is 0.474 e. The van der Waals surface area contributed by atoms with Crippen LogP contribution >= 0.6 is 0 Å². The zero-order valence-electron chi connectivity index (χ0n) is 23.3. The molecule has 2 aromatic heterocycles. The Labute approximate surface area is 231 Å². The normalized spacial score (nSPS) is 14.1. The van der Waals surface area contributed by atoms with Gasteiger partial charge in [-0.25, -0.2) is 9.67 Å².